The van der Waals surface area contributed by atoms with Crippen LogP contribution in [0.2, 0.25) is 0 Å². The minimum Gasteiger partial charge on any atom is -0.456 e. The van der Waals surface area contributed by atoms with Gasteiger partial charge < -0.3 is 14.7 Å². The van der Waals surface area contributed by atoms with Crippen LogP contribution in [0.1, 0.15) is 46.4 Å². The van der Waals surface area contributed by atoms with Crippen LogP contribution in [0.5, 0.6) is 0 Å². The van der Waals surface area contributed by atoms with E-state index >= 15 is 0 Å². The molecule has 0 unspecified atom stereocenters. The molecule has 142 valence electrons. The summed E-state index contributed by atoms with van der Waals surface area (Å²) in [6.07, 6.45) is 4.12. The van der Waals surface area contributed by atoms with E-state index in [1.54, 1.807) is 0 Å². The fourth-order valence-corrected chi connectivity index (χ4v) is 3.59. The molecule has 8 heteroatoms. The number of aliphatic hydroxyl groups is 1. The van der Waals surface area contributed by atoms with Crippen LogP contribution in [0.4, 0.5) is 0 Å². The van der Waals surface area contributed by atoms with Crippen LogP contribution in [0, 0.1) is 0 Å². The number of carbonyl (C=O) groups excluding carboxylic acids is 2. The van der Waals surface area contributed by atoms with E-state index in [0.717, 1.165) is 51.9 Å². The Kier molecular flexibility index (Phi) is 5.87. The normalized spacial score (nSPS) is 18.8. The van der Waals surface area contributed by atoms with Crippen LogP contribution in [0.25, 0.3) is 0 Å². The van der Waals surface area contributed by atoms with Crippen molar-refractivity contribution in [3.8, 4) is 0 Å². The van der Waals surface area contributed by atoms with E-state index in [1.165, 1.54) is 24.3 Å². The fourth-order valence-electron chi connectivity index (χ4n) is 3.59. The zero-order valence-corrected chi connectivity index (χ0v) is 14.7. The lowest BCUT2D eigenvalue weighted by Gasteiger charge is -2.43. The lowest BCUT2D eigenvalue weighted by atomic mass is 10.1. The van der Waals surface area contributed by atoms with Gasteiger partial charge in [-0.2, -0.15) is 5.90 Å². The summed E-state index contributed by atoms with van der Waals surface area (Å²) in [5, 5.41) is 11.3. The third-order valence-corrected chi connectivity index (χ3v) is 5.09. The number of ether oxygens (including phenoxy) is 1. The molecule has 2 heterocycles. The van der Waals surface area contributed by atoms with Gasteiger partial charge in [0, 0.05) is 26.2 Å². The van der Waals surface area contributed by atoms with Gasteiger partial charge in [0.1, 0.15) is 6.61 Å². The van der Waals surface area contributed by atoms with Crippen molar-refractivity contribution >= 4 is 11.9 Å². The van der Waals surface area contributed by atoms with Crippen molar-refractivity contribution in [3.05, 3.63) is 35.4 Å². The highest BCUT2D eigenvalue weighted by Crippen LogP contribution is 2.27. The maximum Gasteiger partial charge on any atom is 0.356 e. The third kappa shape index (κ3) is 3.88. The Balaban J connectivity index is 1.66. The van der Waals surface area contributed by atoms with Crippen molar-refractivity contribution in [2.75, 3.05) is 32.8 Å². The molecule has 0 spiro atoms. The molecule has 8 nitrogen and oxygen atoms in total. The molecule has 1 aromatic carbocycles. The molecule has 3 rings (SSSR count). The van der Waals surface area contributed by atoms with Gasteiger partial charge in [0.05, 0.1) is 11.1 Å². The van der Waals surface area contributed by atoms with E-state index in [2.05, 4.69) is 4.84 Å². The molecule has 2 aliphatic heterocycles. The van der Waals surface area contributed by atoms with Gasteiger partial charge in [-0.05, 0) is 49.9 Å². The minimum atomic E-state index is -1.26. The predicted octanol–water partition coefficient (Wildman–Crippen LogP) is 0.712. The summed E-state index contributed by atoms with van der Waals surface area (Å²) in [6, 6.07) is 5.83. The van der Waals surface area contributed by atoms with Gasteiger partial charge in [-0.25, -0.2) is 9.59 Å². The number of nitrogens with zero attached hydrogens (tertiary/aromatic N) is 2. The van der Waals surface area contributed by atoms with Crippen LogP contribution >= 0.6 is 0 Å². The molecule has 0 aromatic heterocycles. The predicted molar refractivity (Wildman–Crippen MR) is 92.9 cm³/mol. The lowest BCUT2D eigenvalue weighted by molar-refractivity contribution is -0.224. The Bertz CT molecular complexity index is 621. The molecule has 0 atom stereocenters. The van der Waals surface area contributed by atoms with Gasteiger partial charge in [-0.1, -0.05) is 0 Å². The molecule has 2 aliphatic rings. The van der Waals surface area contributed by atoms with Crippen molar-refractivity contribution in [1.29, 1.82) is 0 Å². The largest absolute Gasteiger partial charge is 0.456 e. The zero-order chi connectivity index (χ0) is 18.6. The Labute approximate surface area is 152 Å². The molecule has 3 N–H and O–H groups in total. The summed E-state index contributed by atoms with van der Waals surface area (Å²) in [6.45, 7) is 3.06. The number of hydrogen-bond acceptors (Lipinski definition) is 8. The fraction of sp³-hybridized carbons (Fsp3) is 0.556. The molecule has 0 saturated carbocycles. The molecule has 2 fully saturated rings. The quantitative estimate of drug-likeness (QED) is 0.562. The molecule has 0 radical (unpaired) electrons. The summed E-state index contributed by atoms with van der Waals surface area (Å²) in [7, 11) is 0. The Morgan fingerprint density at radius 1 is 0.923 bits per heavy atom. The zero-order valence-electron chi connectivity index (χ0n) is 14.7. The molecule has 1 aromatic rings. The minimum absolute atomic E-state index is 0.113. The lowest BCUT2D eigenvalue weighted by Crippen LogP contribution is -2.62. The van der Waals surface area contributed by atoms with Gasteiger partial charge in [0.2, 0.25) is 5.85 Å². The Morgan fingerprint density at radius 3 is 1.77 bits per heavy atom. The molecule has 2 saturated heterocycles. The van der Waals surface area contributed by atoms with Gasteiger partial charge in [0.25, 0.3) is 0 Å². The number of nitrogens with two attached hydrogens (primary N) is 1. The number of likely N-dealkylation sites (tertiary alicyclic amines) is 2. The van der Waals surface area contributed by atoms with Crippen LogP contribution in [-0.2, 0) is 9.57 Å². The molecule has 0 bridgehead atoms. The van der Waals surface area contributed by atoms with E-state index in [-0.39, 0.29) is 12.2 Å². The van der Waals surface area contributed by atoms with Crippen LogP contribution < -0.4 is 5.90 Å². The third-order valence-electron chi connectivity index (χ3n) is 5.09. The van der Waals surface area contributed by atoms with E-state index in [0.29, 0.717) is 5.56 Å². The summed E-state index contributed by atoms with van der Waals surface area (Å²) in [4.78, 5) is 31.8. The van der Waals surface area contributed by atoms with E-state index in [9.17, 15) is 14.7 Å². The molecule has 0 amide bonds. The van der Waals surface area contributed by atoms with Gasteiger partial charge in [0.15, 0.2) is 0 Å². The van der Waals surface area contributed by atoms with Crippen molar-refractivity contribution in [2.24, 2.45) is 5.90 Å². The number of rotatable bonds is 6. The first-order chi connectivity index (χ1) is 12.5. The monoisotopic (exact) mass is 363 g/mol. The molecular weight excluding hydrogens is 338 g/mol. The van der Waals surface area contributed by atoms with Crippen molar-refractivity contribution in [1.82, 2.24) is 9.80 Å². The van der Waals surface area contributed by atoms with Crippen molar-refractivity contribution in [3.63, 3.8) is 0 Å². The molecule has 0 aliphatic carbocycles. The SMILES string of the molecule is NOC(=O)c1ccc(C(=O)OCC(O)(N2CCCC2)N2CCCC2)cc1. The average Bonchev–Trinajstić information content (AvgIpc) is 3.39. The van der Waals surface area contributed by atoms with Gasteiger partial charge >= 0.3 is 11.9 Å². The van der Waals surface area contributed by atoms with Gasteiger partial charge in [-0.15, -0.1) is 0 Å². The molecule has 26 heavy (non-hydrogen) atoms. The average molecular weight is 363 g/mol. The van der Waals surface area contributed by atoms with Crippen molar-refractivity contribution in [2.45, 2.75) is 31.5 Å². The van der Waals surface area contributed by atoms with Crippen LogP contribution in [0.15, 0.2) is 24.3 Å². The highest BCUT2D eigenvalue weighted by Gasteiger charge is 2.44. The van der Waals surface area contributed by atoms with E-state index in [1.807, 2.05) is 9.80 Å². The van der Waals surface area contributed by atoms with Crippen LogP contribution in [-0.4, -0.2) is 65.5 Å². The summed E-state index contributed by atoms with van der Waals surface area (Å²) >= 11 is 0. The summed E-state index contributed by atoms with van der Waals surface area (Å²) < 4.78 is 5.43. The first-order valence-corrected chi connectivity index (χ1v) is 8.95. The Hall–Kier alpha value is -2.00. The highest BCUT2D eigenvalue weighted by atomic mass is 16.7. The number of esters is 1. The first kappa shape index (κ1) is 18.8. The van der Waals surface area contributed by atoms with E-state index in [4.69, 9.17) is 10.6 Å². The maximum atomic E-state index is 12.4. The topological polar surface area (TPSA) is 105 Å². The number of carbonyl (C=O) groups is 2. The second-order valence-corrected chi connectivity index (χ2v) is 6.72. The van der Waals surface area contributed by atoms with E-state index < -0.39 is 17.8 Å². The Morgan fingerprint density at radius 2 is 1.35 bits per heavy atom. The van der Waals surface area contributed by atoms with Gasteiger partial charge in [-0.3, -0.25) is 9.80 Å². The number of hydrogen-bond donors (Lipinski definition) is 2. The standard InChI is InChI=1S/C18H25N3O5/c19-26-17(23)15-7-5-14(6-8-15)16(22)25-13-18(24,20-9-1-2-10-20)21-11-3-4-12-21/h5-8,24H,1-4,9-13,19H2. The van der Waals surface area contributed by atoms with Crippen LogP contribution in [0.3, 0.4) is 0 Å². The second kappa shape index (κ2) is 8.13. The summed E-state index contributed by atoms with van der Waals surface area (Å²) in [5.41, 5.74) is 0.540. The highest BCUT2D eigenvalue weighted by molar-refractivity contribution is 5.93. The molecular formula is C18H25N3O5. The first-order valence-electron chi connectivity index (χ1n) is 8.95. The maximum absolute atomic E-state index is 12.4. The number of benzene rings is 1. The summed E-state index contributed by atoms with van der Waals surface area (Å²) in [5.74, 6) is 2.36. The smallest absolute Gasteiger partial charge is 0.356 e. The van der Waals surface area contributed by atoms with Crippen molar-refractivity contribution < 1.29 is 24.3 Å². The second-order valence-electron chi connectivity index (χ2n) is 6.72.